The zero-order valence-corrected chi connectivity index (χ0v) is 16.2. The van der Waals surface area contributed by atoms with Crippen molar-refractivity contribution >= 4 is 28.2 Å². The molecule has 0 bridgehead atoms. The summed E-state index contributed by atoms with van der Waals surface area (Å²) in [5.41, 5.74) is 0.698. The van der Waals surface area contributed by atoms with Crippen LogP contribution >= 0.6 is 12.4 Å². The van der Waals surface area contributed by atoms with Crippen LogP contribution in [0.2, 0.25) is 0 Å². The Morgan fingerprint density at radius 1 is 1.00 bits per heavy atom. The summed E-state index contributed by atoms with van der Waals surface area (Å²) < 4.78 is 27.7. The fourth-order valence-corrected chi connectivity index (χ4v) is 4.75. The zero-order chi connectivity index (χ0) is 17.9. The molecular weight excluding hydrogens is 372 g/mol. The van der Waals surface area contributed by atoms with Gasteiger partial charge in [-0.25, -0.2) is 8.42 Å². The largest absolute Gasteiger partial charge is 0.317 e. The number of nitrogens with one attached hydrogen (secondary N) is 1. The second-order valence-corrected chi connectivity index (χ2v) is 8.16. The van der Waals surface area contributed by atoms with Crippen LogP contribution in [0.15, 0.2) is 59.5 Å². The number of sulfonamides is 1. The van der Waals surface area contributed by atoms with Crippen molar-refractivity contribution in [3.8, 4) is 0 Å². The Balaban J connectivity index is 0.00000243. The number of carbonyl (C=O) groups excluding carboxylic acids is 1. The summed E-state index contributed by atoms with van der Waals surface area (Å²) in [6, 6.07) is 15.2. The van der Waals surface area contributed by atoms with E-state index in [0.29, 0.717) is 5.56 Å². The van der Waals surface area contributed by atoms with Crippen molar-refractivity contribution in [3.05, 3.63) is 65.7 Å². The van der Waals surface area contributed by atoms with Crippen molar-refractivity contribution in [1.29, 1.82) is 0 Å². The summed E-state index contributed by atoms with van der Waals surface area (Å²) in [6.45, 7) is 1.60. The van der Waals surface area contributed by atoms with E-state index in [2.05, 4.69) is 5.32 Å². The van der Waals surface area contributed by atoms with Crippen molar-refractivity contribution < 1.29 is 13.2 Å². The lowest BCUT2D eigenvalue weighted by molar-refractivity contribution is 0.103. The first-order valence-corrected chi connectivity index (χ1v) is 9.83. The van der Waals surface area contributed by atoms with Gasteiger partial charge in [-0.2, -0.15) is 4.31 Å². The molecule has 140 valence electrons. The third-order valence-electron chi connectivity index (χ3n) is 4.65. The van der Waals surface area contributed by atoms with Gasteiger partial charge in [-0.05, 0) is 38.1 Å². The minimum Gasteiger partial charge on any atom is -0.317 e. The van der Waals surface area contributed by atoms with Crippen LogP contribution in [-0.4, -0.2) is 44.7 Å². The molecule has 0 atom stereocenters. The summed E-state index contributed by atoms with van der Waals surface area (Å²) >= 11 is 0. The summed E-state index contributed by atoms with van der Waals surface area (Å²) in [6.07, 6.45) is 1.54. The number of carbonyl (C=O) groups is 1. The van der Waals surface area contributed by atoms with E-state index in [1.54, 1.807) is 49.5 Å². The molecule has 1 aliphatic rings. The van der Waals surface area contributed by atoms with Crippen molar-refractivity contribution in [2.75, 3.05) is 20.1 Å². The Kier molecular flexibility index (Phi) is 6.94. The second kappa shape index (κ2) is 8.77. The third kappa shape index (κ3) is 4.15. The molecule has 0 aromatic heterocycles. The maximum absolute atomic E-state index is 13.1. The first kappa shape index (κ1) is 20.6. The average Bonchev–Trinajstić information content (AvgIpc) is 2.68. The molecular formula is C19H23ClN2O3S. The number of piperidine rings is 1. The number of hydrogen-bond donors (Lipinski definition) is 1. The van der Waals surface area contributed by atoms with Crippen LogP contribution in [-0.2, 0) is 10.0 Å². The maximum Gasteiger partial charge on any atom is 0.243 e. The molecule has 1 fully saturated rings. The summed E-state index contributed by atoms with van der Waals surface area (Å²) in [5, 5.41) is 3.24. The predicted octanol–water partition coefficient (Wildman–Crippen LogP) is 2.71. The van der Waals surface area contributed by atoms with Crippen molar-refractivity contribution in [3.63, 3.8) is 0 Å². The van der Waals surface area contributed by atoms with E-state index < -0.39 is 10.0 Å². The molecule has 0 unspecified atom stereocenters. The molecule has 0 aliphatic carbocycles. The summed E-state index contributed by atoms with van der Waals surface area (Å²) in [4.78, 5) is 12.9. The molecule has 1 saturated heterocycles. The minimum absolute atomic E-state index is 0. The fraction of sp³-hybridized carbons (Fsp3) is 0.316. The van der Waals surface area contributed by atoms with Crippen LogP contribution in [0.4, 0.5) is 0 Å². The van der Waals surface area contributed by atoms with E-state index in [1.165, 1.54) is 10.4 Å². The number of hydrogen-bond acceptors (Lipinski definition) is 4. The highest BCUT2D eigenvalue weighted by Crippen LogP contribution is 2.25. The highest BCUT2D eigenvalue weighted by molar-refractivity contribution is 7.89. The van der Waals surface area contributed by atoms with E-state index in [4.69, 9.17) is 0 Å². The van der Waals surface area contributed by atoms with E-state index in [0.717, 1.165) is 25.9 Å². The first-order chi connectivity index (χ1) is 12.0. The van der Waals surface area contributed by atoms with Crippen LogP contribution < -0.4 is 5.32 Å². The van der Waals surface area contributed by atoms with E-state index in [9.17, 15) is 13.2 Å². The predicted molar refractivity (Wildman–Crippen MR) is 104 cm³/mol. The molecule has 1 N–H and O–H groups in total. The topological polar surface area (TPSA) is 66.5 Å². The smallest absolute Gasteiger partial charge is 0.243 e. The van der Waals surface area contributed by atoms with Crippen LogP contribution in [0, 0.1) is 0 Å². The molecule has 7 heteroatoms. The number of benzene rings is 2. The average molecular weight is 395 g/mol. The standard InChI is InChI=1S/C19H22N2O3S.ClH/c1-21(16-11-13-20-14-12-16)25(23,24)18-10-6-5-9-17(18)19(22)15-7-3-2-4-8-15;/h2-10,16,20H,11-14H2,1H3;1H. The van der Waals surface area contributed by atoms with E-state index >= 15 is 0 Å². The molecule has 5 nitrogen and oxygen atoms in total. The number of rotatable bonds is 5. The van der Waals surface area contributed by atoms with Gasteiger partial charge in [0, 0.05) is 24.2 Å². The van der Waals surface area contributed by atoms with Gasteiger partial charge < -0.3 is 5.32 Å². The monoisotopic (exact) mass is 394 g/mol. The molecule has 0 radical (unpaired) electrons. The van der Waals surface area contributed by atoms with Crippen LogP contribution in [0.5, 0.6) is 0 Å². The summed E-state index contributed by atoms with van der Waals surface area (Å²) in [7, 11) is -2.13. The number of ketones is 1. The lowest BCUT2D eigenvalue weighted by Gasteiger charge is -2.31. The number of nitrogens with zero attached hydrogens (tertiary/aromatic N) is 1. The molecule has 26 heavy (non-hydrogen) atoms. The van der Waals surface area contributed by atoms with E-state index in [-0.39, 0.29) is 34.7 Å². The Labute approximate surface area is 160 Å². The molecule has 1 aliphatic heterocycles. The molecule has 0 saturated carbocycles. The maximum atomic E-state index is 13.1. The SMILES string of the molecule is CN(C1CCNCC1)S(=O)(=O)c1ccccc1C(=O)c1ccccc1.Cl. The van der Waals surface area contributed by atoms with Crippen molar-refractivity contribution in [2.24, 2.45) is 0 Å². The Hall–Kier alpha value is -1.73. The Morgan fingerprint density at radius 3 is 2.23 bits per heavy atom. The van der Waals surface area contributed by atoms with Gasteiger partial charge in [0.1, 0.15) is 0 Å². The minimum atomic E-state index is -3.74. The Bertz CT molecular complexity index is 850. The molecule has 0 amide bonds. The lowest BCUT2D eigenvalue weighted by atomic mass is 10.0. The van der Waals surface area contributed by atoms with E-state index in [1.807, 2.05) is 6.07 Å². The van der Waals surface area contributed by atoms with Gasteiger partial charge >= 0.3 is 0 Å². The van der Waals surface area contributed by atoms with Crippen LogP contribution in [0.1, 0.15) is 28.8 Å². The lowest BCUT2D eigenvalue weighted by Crippen LogP contribution is -2.44. The fourth-order valence-electron chi connectivity index (χ4n) is 3.15. The van der Waals surface area contributed by atoms with Gasteiger partial charge in [0.05, 0.1) is 4.90 Å². The van der Waals surface area contributed by atoms with Crippen molar-refractivity contribution in [1.82, 2.24) is 9.62 Å². The number of halogens is 1. The molecule has 2 aromatic rings. The first-order valence-electron chi connectivity index (χ1n) is 8.39. The summed E-state index contributed by atoms with van der Waals surface area (Å²) in [5.74, 6) is -0.279. The van der Waals surface area contributed by atoms with Gasteiger partial charge in [-0.1, -0.05) is 42.5 Å². The quantitative estimate of drug-likeness (QED) is 0.792. The van der Waals surface area contributed by atoms with Gasteiger partial charge in [0.15, 0.2) is 5.78 Å². The van der Waals surface area contributed by atoms with Gasteiger partial charge in [0.2, 0.25) is 10.0 Å². The second-order valence-electron chi connectivity index (χ2n) is 6.19. The highest BCUT2D eigenvalue weighted by Gasteiger charge is 2.31. The van der Waals surface area contributed by atoms with Crippen LogP contribution in [0.3, 0.4) is 0 Å². The van der Waals surface area contributed by atoms with Gasteiger partial charge in [0.25, 0.3) is 0 Å². The zero-order valence-electron chi connectivity index (χ0n) is 14.6. The highest BCUT2D eigenvalue weighted by atomic mass is 35.5. The Morgan fingerprint density at radius 2 is 1.58 bits per heavy atom. The molecule has 3 rings (SSSR count). The van der Waals surface area contributed by atoms with Crippen molar-refractivity contribution in [2.45, 2.75) is 23.8 Å². The molecule has 2 aromatic carbocycles. The normalized spacial score (nSPS) is 15.5. The van der Waals surface area contributed by atoms with Crippen LogP contribution in [0.25, 0.3) is 0 Å². The molecule has 0 spiro atoms. The molecule has 1 heterocycles. The van der Waals surface area contributed by atoms with Gasteiger partial charge in [-0.3, -0.25) is 4.79 Å². The third-order valence-corrected chi connectivity index (χ3v) is 6.62. The van der Waals surface area contributed by atoms with Gasteiger partial charge in [-0.15, -0.1) is 12.4 Å².